The number of pyridine rings is 1. The van der Waals surface area contributed by atoms with Gasteiger partial charge in [0.1, 0.15) is 11.5 Å². The van der Waals surface area contributed by atoms with Crippen molar-refractivity contribution in [1.29, 1.82) is 0 Å². The molecule has 1 unspecified atom stereocenters. The molecule has 170 valence electrons. The highest BCUT2D eigenvalue weighted by atomic mass is 16.5. The number of anilines is 1. The van der Waals surface area contributed by atoms with Gasteiger partial charge in [-0.1, -0.05) is 11.2 Å². The molecule has 1 aliphatic carbocycles. The van der Waals surface area contributed by atoms with Gasteiger partial charge < -0.3 is 15.2 Å². The van der Waals surface area contributed by atoms with Crippen LogP contribution in [0, 0.1) is 5.92 Å². The quantitative estimate of drug-likeness (QED) is 0.436. The molecule has 0 radical (unpaired) electrons. The highest BCUT2D eigenvalue weighted by molar-refractivity contribution is 5.55. The maximum absolute atomic E-state index is 5.66. The van der Waals surface area contributed by atoms with Gasteiger partial charge in [-0.3, -0.25) is 9.67 Å². The molecule has 0 aromatic carbocycles. The molecule has 0 spiro atoms. The largest absolute Gasteiger partial charge is 0.382 e. The van der Waals surface area contributed by atoms with E-state index < -0.39 is 0 Å². The zero-order chi connectivity index (χ0) is 23.0. The number of aromatic nitrogens is 7. The molecule has 0 bridgehead atoms. The van der Waals surface area contributed by atoms with E-state index in [1.165, 1.54) is 6.20 Å². The van der Waals surface area contributed by atoms with E-state index in [0.29, 0.717) is 29.1 Å². The van der Waals surface area contributed by atoms with Crippen molar-refractivity contribution in [2.75, 3.05) is 26.4 Å². The summed E-state index contributed by atoms with van der Waals surface area (Å²) in [5.41, 5.74) is 8.54. The fraction of sp³-hybridized carbons (Fsp3) is 0.391. The second kappa shape index (κ2) is 8.36. The zero-order valence-electron chi connectivity index (χ0n) is 19.0. The number of nitrogens with zero attached hydrogens (tertiary/aromatic N) is 8. The van der Waals surface area contributed by atoms with Gasteiger partial charge in [0.25, 0.3) is 5.89 Å². The number of hydrogen-bond acceptors (Lipinski definition) is 9. The summed E-state index contributed by atoms with van der Waals surface area (Å²) in [5, 5.41) is 8.80. The van der Waals surface area contributed by atoms with Crippen molar-refractivity contribution in [2.24, 2.45) is 5.92 Å². The van der Waals surface area contributed by atoms with E-state index in [1.54, 1.807) is 12.4 Å². The lowest BCUT2D eigenvalue weighted by atomic mass is 9.77. The number of likely N-dealkylation sites (N-methyl/N-ethyl adjacent to an activating group) is 1. The molecule has 2 N–H and O–H groups in total. The van der Waals surface area contributed by atoms with Crippen molar-refractivity contribution in [2.45, 2.75) is 31.7 Å². The highest BCUT2D eigenvalue weighted by Crippen LogP contribution is 2.50. The minimum absolute atomic E-state index is 0.382. The number of nitrogens with two attached hydrogens (primary N) is 1. The Hall–Kier alpha value is -3.66. The van der Waals surface area contributed by atoms with Gasteiger partial charge in [0.15, 0.2) is 5.82 Å². The first-order valence-electron chi connectivity index (χ1n) is 11.0. The van der Waals surface area contributed by atoms with Crippen molar-refractivity contribution in [3.8, 4) is 22.8 Å². The minimum atomic E-state index is -0.388. The van der Waals surface area contributed by atoms with E-state index in [1.807, 2.05) is 37.2 Å². The average molecular weight is 446 g/mol. The molecule has 4 heterocycles. The van der Waals surface area contributed by atoms with Gasteiger partial charge in [-0.15, -0.1) is 0 Å². The summed E-state index contributed by atoms with van der Waals surface area (Å²) in [4.78, 5) is 19.9. The van der Waals surface area contributed by atoms with E-state index in [9.17, 15) is 0 Å². The summed E-state index contributed by atoms with van der Waals surface area (Å²) in [6.07, 6.45) is 11.0. The Morgan fingerprint density at radius 2 is 1.91 bits per heavy atom. The van der Waals surface area contributed by atoms with Crippen molar-refractivity contribution in [3.05, 3.63) is 54.5 Å². The first-order chi connectivity index (χ1) is 15.9. The number of hydrogen-bond donors (Lipinski definition) is 1. The normalized spacial score (nSPS) is 15.6. The van der Waals surface area contributed by atoms with Gasteiger partial charge in [0.05, 0.1) is 41.8 Å². The molecule has 1 fully saturated rings. The van der Waals surface area contributed by atoms with Crippen LogP contribution in [0.25, 0.3) is 22.8 Å². The third-order valence-corrected chi connectivity index (χ3v) is 6.24. The van der Waals surface area contributed by atoms with Gasteiger partial charge >= 0.3 is 0 Å². The molecule has 0 aliphatic heterocycles. The fourth-order valence-electron chi connectivity index (χ4n) is 3.98. The maximum Gasteiger partial charge on any atom is 0.261 e. The van der Waals surface area contributed by atoms with E-state index in [2.05, 4.69) is 43.1 Å². The van der Waals surface area contributed by atoms with Crippen LogP contribution >= 0.6 is 0 Å². The fourth-order valence-corrected chi connectivity index (χ4v) is 3.98. The van der Waals surface area contributed by atoms with Crippen molar-refractivity contribution in [3.63, 3.8) is 0 Å². The Bertz CT molecular complexity index is 1230. The first kappa shape index (κ1) is 21.2. The van der Waals surface area contributed by atoms with Gasteiger partial charge in [-0.05, 0) is 51.4 Å². The second-order valence-electron chi connectivity index (χ2n) is 8.95. The molecule has 4 aromatic heterocycles. The summed E-state index contributed by atoms with van der Waals surface area (Å²) in [5.74, 6) is 1.97. The maximum atomic E-state index is 5.66. The lowest BCUT2D eigenvalue weighted by Crippen LogP contribution is -2.28. The van der Waals surface area contributed by atoms with Crippen LogP contribution in [-0.4, -0.2) is 60.4 Å². The predicted octanol–water partition coefficient (Wildman–Crippen LogP) is 2.64. The molecule has 5 rings (SSSR count). The molecular weight excluding hydrogens is 418 g/mol. The summed E-state index contributed by atoms with van der Waals surface area (Å²) in [7, 11) is 4.08. The van der Waals surface area contributed by atoms with Crippen LogP contribution in [0.4, 0.5) is 5.82 Å². The standard InChI is InChI=1S/C23H27N9O/c1-23(16-4-5-16,17-6-7-18(25-11-17)19-12-27-20(24)13-26-19)22-29-21(33-30-22)15-10-28-32(14-15)9-8-31(2)3/h6-7,10-14,16H,4-5,8-9H2,1-3H3,(H2,24,27). The SMILES string of the molecule is CN(C)CCn1cc(-c2nc(C(C)(c3ccc(-c4cnc(N)cn4)nc3)C3CC3)no2)cn1. The summed E-state index contributed by atoms with van der Waals surface area (Å²) in [6.45, 7) is 3.87. The lowest BCUT2D eigenvalue weighted by Gasteiger charge is -2.26. The van der Waals surface area contributed by atoms with E-state index in [4.69, 9.17) is 15.2 Å². The van der Waals surface area contributed by atoms with Crippen LogP contribution < -0.4 is 5.73 Å². The highest BCUT2D eigenvalue weighted by Gasteiger charge is 2.47. The molecule has 1 aliphatic rings. The average Bonchev–Trinajstić information content (AvgIpc) is 3.37. The van der Waals surface area contributed by atoms with Crippen molar-refractivity contribution < 1.29 is 4.52 Å². The van der Waals surface area contributed by atoms with Crippen LogP contribution in [0.2, 0.25) is 0 Å². The Morgan fingerprint density at radius 3 is 2.58 bits per heavy atom. The monoisotopic (exact) mass is 445 g/mol. The van der Waals surface area contributed by atoms with Crippen LogP contribution in [0.3, 0.4) is 0 Å². The Balaban J connectivity index is 1.41. The number of nitrogen functional groups attached to an aromatic ring is 1. The van der Waals surface area contributed by atoms with Crippen LogP contribution in [0.5, 0.6) is 0 Å². The smallest absolute Gasteiger partial charge is 0.261 e. The Labute approximate surface area is 191 Å². The molecule has 1 atom stereocenters. The van der Waals surface area contributed by atoms with Crippen LogP contribution in [0.15, 0.2) is 47.6 Å². The van der Waals surface area contributed by atoms with Crippen molar-refractivity contribution >= 4 is 5.82 Å². The van der Waals surface area contributed by atoms with Crippen LogP contribution in [0.1, 0.15) is 31.2 Å². The molecule has 0 saturated heterocycles. The molecule has 0 amide bonds. The van der Waals surface area contributed by atoms with Gasteiger partial charge in [-0.2, -0.15) is 10.1 Å². The molecule has 4 aromatic rings. The number of rotatable bonds is 8. The molecular formula is C23H27N9O. The topological polar surface area (TPSA) is 125 Å². The molecule has 33 heavy (non-hydrogen) atoms. The molecule has 10 nitrogen and oxygen atoms in total. The summed E-state index contributed by atoms with van der Waals surface area (Å²) >= 11 is 0. The van der Waals surface area contributed by atoms with E-state index >= 15 is 0 Å². The first-order valence-corrected chi connectivity index (χ1v) is 11.0. The molecule has 1 saturated carbocycles. The third-order valence-electron chi connectivity index (χ3n) is 6.24. The van der Waals surface area contributed by atoms with Gasteiger partial charge in [0.2, 0.25) is 0 Å². The van der Waals surface area contributed by atoms with E-state index in [0.717, 1.165) is 42.8 Å². The van der Waals surface area contributed by atoms with E-state index in [-0.39, 0.29) is 5.41 Å². The van der Waals surface area contributed by atoms with Gasteiger partial charge in [0, 0.05) is 18.9 Å². The summed E-state index contributed by atoms with van der Waals surface area (Å²) < 4.78 is 7.56. The zero-order valence-corrected chi connectivity index (χ0v) is 19.0. The third kappa shape index (κ3) is 4.21. The Morgan fingerprint density at radius 1 is 1.09 bits per heavy atom. The summed E-state index contributed by atoms with van der Waals surface area (Å²) in [6, 6.07) is 4.01. The van der Waals surface area contributed by atoms with Gasteiger partial charge in [-0.25, -0.2) is 9.97 Å². The predicted molar refractivity (Wildman–Crippen MR) is 123 cm³/mol. The minimum Gasteiger partial charge on any atom is -0.382 e. The Kier molecular flexibility index (Phi) is 5.37. The van der Waals surface area contributed by atoms with Crippen molar-refractivity contribution in [1.82, 2.24) is 39.8 Å². The second-order valence-corrected chi connectivity index (χ2v) is 8.95. The van der Waals surface area contributed by atoms with Crippen LogP contribution in [-0.2, 0) is 12.0 Å². The molecule has 10 heteroatoms. The lowest BCUT2D eigenvalue weighted by molar-refractivity contribution is 0.373.